The highest BCUT2D eigenvalue weighted by Gasteiger charge is 2.34. The smallest absolute Gasteiger partial charge is 0.228 e. The van der Waals surface area contributed by atoms with Gasteiger partial charge in [-0.2, -0.15) is 0 Å². The lowest BCUT2D eigenvalue weighted by Crippen LogP contribution is -2.48. The highest BCUT2D eigenvalue weighted by Crippen LogP contribution is 2.29. The third-order valence-corrected chi connectivity index (χ3v) is 5.43. The molecule has 2 saturated heterocycles. The zero-order chi connectivity index (χ0) is 16.4. The minimum absolute atomic E-state index is 0.104. The van der Waals surface area contributed by atoms with Gasteiger partial charge in [-0.05, 0) is 37.4 Å². The number of piperidine rings is 1. The van der Waals surface area contributed by atoms with E-state index in [0.717, 1.165) is 38.2 Å². The largest absolute Gasteiger partial charge is 0.349 e. The number of amides is 1. The molecule has 2 fully saturated rings. The number of fused-ring (bicyclic) bond motifs is 1. The second-order valence-corrected chi connectivity index (χ2v) is 6.88. The van der Waals surface area contributed by atoms with Crippen molar-refractivity contribution in [1.82, 2.24) is 4.90 Å². The first-order chi connectivity index (χ1) is 11.8. The molecule has 0 bridgehead atoms. The maximum atomic E-state index is 12.7. The summed E-state index contributed by atoms with van der Waals surface area (Å²) >= 11 is 0. The third-order valence-electron chi connectivity index (χ3n) is 5.43. The van der Waals surface area contributed by atoms with Gasteiger partial charge >= 0.3 is 0 Å². The fraction of sp³-hybridized carbons (Fsp3) is 0.632. The number of ether oxygens (including phenoxy) is 2. The molecule has 3 heterocycles. The van der Waals surface area contributed by atoms with Gasteiger partial charge in [0.1, 0.15) is 0 Å². The van der Waals surface area contributed by atoms with Gasteiger partial charge in [0.05, 0.1) is 19.3 Å². The van der Waals surface area contributed by atoms with Crippen LogP contribution in [0.4, 0.5) is 5.69 Å². The molecule has 3 aliphatic heterocycles. The SMILES string of the molecule is O=C(CCN1CCCCC1C1OCCO1)N1CCc2ccccc21. The van der Waals surface area contributed by atoms with Gasteiger partial charge < -0.3 is 14.4 Å². The Morgan fingerprint density at radius 3 is 2.83 bits per heavy atom. The van der Waals surface area contributed by atoms with Gasteiger partial charge in [0, 0.05) is 25.2 Å². The molecule has 130 valence electrons. The van der Waals surface area contributed by atoms with E-state index in [1.54, 1.807) is 0 Å². The minimum Gasteiger partial charge on any atom is -0.349 e. The van der Waals surface area contributed by atoms with Crippen molar-refractivity contribution in [3.63, 3.8) is 0 Å². The van der Waals surface area contributed by atoms with Crippen molar-refractivity contribution >= 4 is 11.6 Å². The Kier molecular flexibility index (Phi) is 4.83. The molecule has 0 saturated carbocycles. The summed E-state index contributed by atoms with van der Waals surface area (Å²) in [6.45, 7) is 4.04. The van der Waals surface area contributed by atoms with Gasteiger partial charge in [0.15, 0.2) is 6.29 Å². The first-order valence-electron chi connectivity index (χ1n) is 9.18. The Balaban J connectivity index is 1.36. The number of rotatable bonds is 4. The van der Waals surface area contributed by atoms with Gasteiger partial charge in [0.25, 0.3) is 0 Å². The summed E-state index contributed by atoms with van der Waals surface area (Å²) in [5.41, 5.74) is 2.38. The molecule has 5 heteroatoms. The molecule has 1 unspecified atom stereocenters. The van der Waals surface area contributed by atoms with Crippen molar-refractivity contribution in [2.24, 2.45) is 0 Å². The normalized spacial score (nSPS) is 25.2. The molecule has 0 spiro atoms. The number of hydrogen-bond donors (Lipinski definition) is 0. The molecule has 5 nitrogen and oxygen atoms in total. The first-order valence-corrected chi connectivity index (χ1v) is 9.18. The summed E-state index contributed by atoms with van der Waals surface area (Å²) in [5, 5.41) is 0. The van der Waals surface area contributed by atoms with Crippen molar-refractivity contribution < 1.29 is 14.3 Å². The summed E-state index contributed by atoms with van der Waals surface area (Å²) in [6, 6.07) is 8.55. The van der Waals surface area contributed by atoms with Crippen molar-refractivity contribution in [2.45, 2.75) is 44.4 Å². The molecule has 1 atom stereocenters. The number of para-hydroxylation sites is 1. The van der Waals surface area contributed by atoms with E-state index in [9.17, 15) is 4.79 Å². The topological polar surface area (TPSA) is 42.0 Å². The summed E-state index contributed by atoms with van der Waals surface area (Å²) < 4.78 is 11.4. The average Bonchev–Trinajstić information content (AvgIpc) is 3.29. The van der Waals surface area contributed by atoms with E-state index >= 15 is 0 Å². The molecule has 1 amide bonds. The van der Waals surface area contributed by atoms with Gasteiger partial charge in [-0.3, -0.25) is 9.69 Å². The van der Waals surface area contributed by atoms with Crippen LogP contribution in [0.25, 0.3) is 0 Å². The molecule has 4 rings (SSSR count). The molecule has 24 heavy (non-hydrogen) atoms. The summed E-state index contributed by atoms with van der Waals surface area (Å²) in [4.78, 5) is 17.1. The number of carbonyl (C=O) groups excluding carboxylic acids is 1. The van der Waals surface area contributed by atoms with Gasteiger partial charge in [-0.25, -0.2) is 0 Å². The predicted octanol–water partition coefficient (Wildman–Crippen LogP) is 2.19. The third kappa shape index (κ3) is 3.21. The van der Waals surface area contributed by atoms with Crippen LogP contribution in [0.1, 0.15) is 31.2 Å². The monoisotopic (exact) mass is 330 g/mol. The number of hydrogen-bond acceptors (Lipinski definition) is 4. The molecule has 1 aromatic rings. The second kappa shape index (κ2) is 7.21. The quantitative estimate of drug-likeness (QED) is 0.849. The minimum atomic E-state index is -0.104. The molecule has 1 aromatic carbocycles. The van der Waals surface area contributed by atoms with Crippen LogP contribution in [0, 0.1) is 0 Å². The van der Waals surface area contributed by atoms with Crippen LogP contribution in [-0.2, 0) is 20.7 Å². The van der Waals surface area contributed by atoms with E-state index in [-0.39, 0.29) is 12.2 Å². The van der Waals surface area contributed by atoms with E-state index in [1.165, 1.54) is 18.4 Å². The van der Waals surface area contributed by atoms with E-state index in [0.29, 0.717) is 25.7 Å². The summed E-state index contributed by atoms with van der Waals surface area (Å²) in [5.74, 6) is 0.234. The number of anilines is 1. The van der Waals surface area contributed by atoms with Crippen LogP contribution in [0.5, 0.6) is 0 Å². The molecule has 0 radical (unpaired) electrons. The Bertz CT molecular complexity index is 586. The van der Waals surface area contributed by atoms with Crippen LogP contribution in [0.2, 0.25) is 0 Å². The average molecular weight is 330 g/mol. The van der Waals surface area contributed by atoms with Gasteiger partial charge in [0.2, 0.25) is 5.91 Å². The second-order valence-electron chi connectivity index (χ2n) is 6.88. The van der Waals surface area contributed by atoms with Crippen molar-refractivity contribution in [1.29, 1.82) is 0 Å². The molecule has 0 N–H and O–H groups in total. The Hall–Kier alpha value is -1.43. The molecule has 0 aliphatic carbocycles. The maximum absolute atomic E-state index is 12.7. The van der Waals surface area contributed by atoms with Crippen LogP contribution >= 0.6 is 0 Å². The highest BCUT2D eigenvalue weighted by atomic mass is 16.7. The Labute approximate surface area is 143 Å². The number of likely N-dealkylation sites (tertiary alicyclic amines) is 1. The summed E-state index contributed by atoms with van der Waals surface area (Å²) in [7, 11) is 0. The lowest BCUT2D eigenvalue weighted by atomic mass is 10.0. The van der Waals surface area contributed by atoms with E-state index in [1.807, 2.05) is 17.0 Å². The van der Waals surface area contributed by atoms with E-state index in [2.05, 4.69) is 17.0 Å². The number of benzene rings is 1. The zero-order valence-corrected chi connectivity index (χ0v) is 14.2. The lowest BCUT2D eigenvalue weighted by molar-refractivity contribution is -0.122. The van der Waals surface area contributed by atoms with Gasteiger partial charge in [-0.1, -0.05) is 24.6 Å². The highest BCUT2D eigenvalue weighted by molar-refractivity contribution is 5.95. The first kappa shape index (κ1) is 16.1. The number of nitrogens with zero attached hydrogens (tertiary/aromatic N) is 2. The standard InChI is InChI=1S/C19H26N2O3/c22-18(21-12-8-15-5-1-2-6-16(15)21)9-11-20-10-4-3-7-17(20)19-23-13-14-24-19/h1-2,5-6,17,19H,3-4,7-14H2. The number of carbonyl (C=O) groups is 1. The van der Waals surface area contributed by atoms with Crippen molar-refractivity contribution in [2.75, 3.05) is 37.7 Å². The summed E-state index contributed by atoms with van der Waals surface area (Å²) in [6.07, 6.45) is 4.95. The Morgan fingerprint density at radius 2 is 1.96 bits per heavy atom. The fourth-order valence-electron chi connectivity index (χ4n) is 4.17. The molecular weight excluding hydrogens is 304 g/mol. The lowest BCUT2D eigenvalue weighted by Gasteiger charge is -2.38. The van der Waals surface area contributed by atoms with Crippen LogP contribution in [0.15, 0.2) is 24.3 Å². The molecule has 0 aromatic heterocycles. The zero-order valence-electron chi connectivity index (χ0n) is 14.2. The van der Waals surface area contributed by atoms with Crippen LogP contribution in [-0.4, -0.2) is 56.0 Å². The van der Waals surface area contributed by atoms with Gasteiger partial charge in [-0.15, -0.1) is 0 Å². The fourth-order valence-corrected chi connectivity index (χ4v) is 4.17. The van der Waals surface area contributed by atoms with E-state index < -0.39 is 0 Å². The van der Waals surface area contributed by atoms with E-state index in [4.69, 9.17) is 9.47 Å². The predicted molar refractivity (Wildman–Crippen MR) is 92.0 cm³/mol. The maximum Gasteiger partial charge on any atom is 0.228 e. The van der Waals surface area contributed by atoms with Crippen molar-refractivity contribution in [3.05, 3.63) is 29.8 Å². The van der Waals surface area contributed by atoms with Crippen LogP contribution < -0.4 is 4.90 Å². The molecule has 3 aliphatic rings. The van der Waals surface area contributed by atoms with Crippen LogP contribution in [0.3, 0.4) is 0 Å². The van der Waals surface area contributed by atoms with Crippen molar-refractivity contribution in [3.8, 4) is 0 Å². The molecular formula is C19H26N2O3. The Morgan fingerprint density at radius 1 is 1.12 bits per heavy atom.